The van der Waals surface area contributed by atoms with Gasteiger partial charge in [0.25, 0.3) is 0 Å². The molecule has 0 fully saturated rings. The average molecular weight is 214 g/mol. The number of hydrogen-bond acceptors (Lipinski definition) is 2. The van der Waals surface area contributed by atoms with Gasteiger partial charge in [-0.2, -0.15) is 0 Å². The third-order valence-electron chi connectivity index (χ3n) is 3.05. The van der Waals surface area contributed by atoms with Gasteiger partial charge in [0.15, 0.2) is 0 Å². The van der Waals surface area contributed by atoms with Crippen LogP contribution in [0.2, 0.25) is 0 Å². The van der Waals surface area contributed by atoms with Crippen molar-refractivity contribution in [1.82, 2.24) is 5.32 Å². The molecule has 0 unspecified atom stereocenters. The zero-order chi connectivity index (χ0) is 12.1. The summed E-state index contributed by atoms with van der Waals surface area (Å²) in [6.45, 7) is 10.4. The Labute approximate surface area is 93.8 Å². The van der Waals surface area contributed by atoms with Crippen molar-refractivity contribution in [1.29, 1.82) is 0 Å². The maximum Gasteiger partial charge on any atom is 0.237 e. The fourth-order valence-electron chi connectivity index (χ4n) is 1.43. The quantitative estimate of drug-likeness (QED) is 0.711. The molecule has 3 heteroatoms. The third-order valence-corrected chi connectivity index (χ3v) is 3.05. The molecule has 0 saturated carbocycles. The number of carbonyl (C=O) groups is 1. The number of hydrogen-bond donors (Lipinski definition) is 2. The second-order valence-corrected chi connectivity index (χ2v) is 4.99. The summed E-state index contributed by atoms with van der Waals surface area (Å²) in [5.74, 6) is 0.440. The number of nitrogens with one attached hydrogen (secondary N) is 1. The minimum Gasteiger partial charge on any atom is -0.350 e. The van der Waals surface area contributed by atoms with Crippen LogP contribution >= 0.6 is 0 Å². The summed E-state index contributed by atoms with van der Waals surface area (Å²) in [5, 5.41) is 3.03. The fourth-order valence-corrected chi connectivity index (χ4v) is 1.43. The van der Waals surface area contributed by atoms with Crippen molar-refractivity contribution >= 4 is 5.91 Å². The van der Waals surface area contributed by atoms with Crippen LogP contribution in [0.3, 0.4) is 0 Å². The van der Waals surface area contributed by atoms with Gasteiger partial charge in [0, 0.05) is 5.54 Å². The molecule has 0 radical (unpaired) electrons. The van der Waals surface area contributed by atoms with Crippen LogP contribution in [0.1, 0.15) is 53.9 Å². The first kappa shape index (κ1) is 14.4. The lowest BCUT2D eigenvalue weighted by atomic mass is 9.94. The molecule has 0 aliphatic carbocycles. The highest BCUT2D eigenvalue weighted by Gasteiger charge is 2.25. The van der Waals surface area contributed by atoms with Gasteiger partial charge in [0.2, 0.25) is 5.91 Å². The summed E-state index contributed by atoms with van der Waals surface area (Å²) >= 11 is 0. The van der Waals surface area contributed by atoms with Crippen LogP contribution in [0.5, 0.6) is 0 Å². The minimum absolute atomic E-state index is 0.0186. The molecule has 1 atom stereocenters. The molecule has 0 bridgehead atoms. The summed E-state index contributed by atoms with van der Waals surface area (Å²) in [4.78, 5) is 11.8. The normalized spacial score (nSPS) is 14.1. The molecule has 0 aromatic heterocycles. The van der Waals surface area contributed by atoms with Crippen LogP contribution in [-0.4, -0.2) is 17.5 Å². The topological polar surface area (TPSA) is 55.1 Å². The van der Waals surface area contributed by atoms with E-state index < -0.39 is 0 Å². The van der Waals surface area contributed by atoms with Crippen molar-refractivity contribution in [3.8, 4) is 0 Å². The molecular formula is C12H26N2O. The van der Waals surface area contributed by atoms with Crippen molar-refractivity contribution in [3.63, 3.8) is 0 Å². The first-order valence-electron chi connectivity index (χ1n) is 5.92. The molecule has 3 N–H and O–H groups in total. The standard InChI is InChI=1S/C12H26N2O/c1-6-12(5,7-2)14-11(15)10(13)8-9(3)4/h9-10H,6-8,13H2,1-5H3,(H,14,15)/t10-/m1/s1. The summed E-state index contributed by atoms with van der Waals surface area (Å²) < 4.78 is 0. The Bertz CT molecular complexity index is 198. The molecule has 0 aromatic carbocycles. The van der Waals surface area contributed by atoms with Gasteiger partial charge in [-0.1, -0.05) is 27.7 Å². The Kier molecular flexibility index (Phi) is 5.88. The SMILES string of the molecule is CCC(C)(CC)NC(=O)[C@H](N)CC(C)C. The highest BCUT2D eigenvalue weighted by molar-refractivity contribution is 5.82. The lowest BCUT2D eigenvalue weighted by Gasteiger charge is -2.30. The minimum atomic E-state index is -0.373. The van der Waals surface area contributed by atoms with Crippen LogP contribution in [0, 0.1) is 5.92 Å². The molecule has 0 aliphatic rings. The fraction of sp³-hybridized carbons (Fsp3) is 0.917. The summed E-state index contributed by atoms with van der Waals surface area (Å²) in [7, 11) is 0. The molecule has 15 heavy (non-hydrogen) atoms. The van der Waals surface area contributed by atoms with Gasteiger partial charge in [0.1, 0.15) is 0 Å². The smallest absolute Gasteiger partial charge is 0.237 e. The van der Waals surface area contributed by atoms with E-state index in [-0.39, 0.29) is 17.5 Å². The molecule has 1 amide bonds. The first-order valence-corrected chi connectivity index (χ1v) is 5.92. The van der Waals surface area contributed by atoms with Crippen LogP contribution in [0.25, 0.3) is 0 Å². The second kappa shape index (κ2) is 6.11. The van der Waals surface area contributed by atoms with Crippen LogP contribution in [-0.2, 0) is 4.79 Å². The molecule has 0 aromatic rings. The van der Waals surface area contributed by atoms with E-state index >= 15 is 0 Å². The van der Waals surface area contributed by atoms with Gasteiger partial charge in [-0.05, 0) is 32.1 Å². The number of nitrogens with two attached hydrogens (primary N) is 1. The molecule has 0 saturated heterocycles. The lowest BCUT2D eigenvalue weighted by Crippen LogP contribution is -2.51. The maximum absolute atomic E-state index is 11.8. The number of carbonyl (C=O) groups excluding carboxylic acids is 1. The number of rotatable bonds is 6. The van der Waals surface area contributed by atoms with Gasteiger partial charge in [-0.25, -0.2) is 0 Å². The maximum atomic E-state index is 11.8. The van der Waals surface area contributed by atoms with Crippen LogP contribution < -0.4 is 11.1 Å². The highest BCUT2D eigenvalue weighted by Crippen LogP contribution is 2.14. The van der Waals surface area contributed by atoms with E-state index in [1.54, 1.807) is 0 Å². The Morgan fingerprint density at radius 3 is 2.13 bits per heavy atom. The molecule has 0 heterocycles. The molecule has 90 valence electrons. The predicted molar refractivity (Wildman–Crippen MR) is 64.6 cm³/mol. The van der Waals surface area contributed by atoms with Gasteiger partial charge < -0.3 is 11.1 Å². The van der Waals surface area contributed by atoms with Crippen molar-refractivity contribution in [3.05, 3.63) is 0 Å². The summed E-state index contributed by atoms with van der Waals surface area (Å²) in [5.41, 5.74) is 5.72. The van der Waals surface area contributed by atoms with E-state index in [4.69, 9.17) is 5.73 Å². The van der Waals surface area contributed by atoms with Crippen molar-refractivity contribution in [2.24, 2.45) is 11.7 Å². The Morgan fingerprint density at radius 1 is 1.33 bits per heavy atom. The monoisotopic (exact) mass is 214 g/mol. The third kappa shape index (κ3) is 5.17. The zero-order valence-corrected chi connectivity index (χ0v) is 10.8. The molecule has 0 rings (SSSR count). The van der Waals surface area contributed by atoms with E-state index in [1.807, 2.05) is 0 Å². The van der Waals surface area contributed by atoms with Gasteiger partial charge in [-0.15, -0.1) is 0 Å². The Hall–Kier alpha value is -0.570. The molecule has 0 aliphatic heterocycles. The van der Waals surface area contributed by atoms with E-state index in [9.17, 15) is 4.79 Å². The van der Waals surface area contributed by atoms with Crippen molar-refractivity contribution in [2.45, 2.75) is 65.5 Å². The summed E-state index contributed by atoms with van der Waals surface area (Å²) in [6.07, 6.45) is 2.61. The molecular weight excluding hydrogens is 188 g/mol. The van der Waals surface area contributed by atoms with Crippen molar-refractivity contribution < 1.29 is 4.79 Å². The lowest BCUT2D eigenvalue weighted by molar-refractivity contribution is -0.124. The van der Waals surface area contributed by atoms with E-state index in [2.05, 4.69) is 39.9 Å². The zero-order valence-electron chi connectivity index (χ0n) is 10.8. The first-order chi connectivity index (χ1) is 6.84. The molecule has 0 spiro atoms. The average Bonchev–Trinajstić information content (AvgIpc) is 2.16. The largest absolute Gasteiger partial charge is 0.350 e. The predicted octanol–water partition coefficient (Wildman–Crippen LogP) is 2.05. The van der Waals surface area contributed by atoms with Gasteiger partial charge in [-0.3, -0.25) is 4.79 Å². The second-order valence-electron chi connectivity index (χ2n) is 4.99. The van der Waals surface area contributed by atoms with Crippen molar-refractivity contribution in [2.75, 3.05) is 0 Å². The van der Waals surface area contributed by atoms with Crippen LogP contribution in [0.4, 0.5) is 0 Å². The van der Waals surface area contributed by atoms with E-state index in [1.165, 1.54) is 0 Å². The number of amides is 1. The Morgan fingerprint density at radius 2 is 1.80 bits per heavy atom. The van der Waals surface area contributed by atoms with Gasteiger partial charge in [0.05, 0.1) is 6.04 Å². The summed E-state index contributed by atoms with van der Waals surface area (Å²) in [6, 6.07) is -0.373. The highest BCUT2D eigenvalue weighted by atomic mass is 16.2. The molecule has 3 nitrogen and oxygen atoms in total. The van der Waals surface area contributed by atoms with E-state index in [0.29, 0.717) is 5.92 Å². The van der Waals surface area contributed by atoms with E-state index in [0.717, 1.165) is 19.3 Å². The van der Waals surface area contributed by atoms with Gasteiger partial charge >= 0.3 is 0 Å². The van der Waals surface area contributed by atoms with Crippen LogP contribution in [0.15, 0.2) is 0 Å². The Balaban J connectivity index is 4.22.